The number of anilines is 1. The van der Waals surface area contributed by atoms with Crippen LogP contribution >= 0.6 is 11.8 Å². The number of ether oxygens (including phenoxy) is 1. The normalized spacial score (nSPS) is 10.7. The van der Waals surface area contributed by atoms with Crippen LogP contribution in [0.2, 0.25) is 0 Å². The Balaban J connectivity index is 1.43. The minimum atomic E-state index is -0.0551. The van der Waals surface area contributed by atoms with Crippen LogP contribution in [0.5, 0.6) is 5.75 Å². The highest BCUT2D eigenvalue weighted by atomic mass is 32.2. The lowest BCUT2D eigenvalue weighted by Crippen LogP contribution is -2.14. The molecule has 0 aliphatic carbocycles. The number of hydrogen-bond acceptors (Lipinski definition) is 6. The maximum Gasteiger partial charge on any atom is 0.234 e. The molecule has 0 spiro atoms. The van der Waals surface area contributed by atoms with Crippen molar-refractivity contribution in [2.24, 2.45) is 0 Å². The molecular weight excluding hydrogens is 364 g/mol. The second-order valence-corrected chi connectivity index (χ2v) is 6.97. The molecule has 0 saturated heterocycles. The van der Waals surface area contributed by atoms with Gasteiger partial charge in [-0.05, 0) is 32.0 Å². The van der Waals surface area contributed by atoms with E-state index in [1.165, 1.54) is 11.8 Å². The van der Waals surface area contributed by atoms with Crippen molar-refractivity contribution < 1.29 is 14.1 Å². The number of aryl methyl sites for hydroxylation is 2. The molecule has 0 radical (unpaired) electrons. The zero-order valence-corrected chi connectivity index (χ0v) is 16.2. The standard InChI is InChI=1S/C19H22N4O3S/c1-14-18(15(2)26-22-14)12-27-13-19(24)21-16-5-3-6-17(11-16)25-10-9-23-8-4-7-20-23/h3-8,11H,9-10,12-13H2,1-2H3,(H,21,24). The Morgan fingerprint density at radius 3 is 2.96 bits per heavy atom. The van der Waals surface area contributed by atoms with Crippen molar-refractivity contribution in [2.45, 2.75) is 26.1 Å². The Bertz CT molecular complexity index is 857. The van der Waals surface area contributed by atoms with Crippen molar-refractivity contribution in [3.05, 3.63) is 59.7 Å². The van der Waals surface area contributed by atoms with E-state index in [0.29, 0.717) is 30.4 Å². The summed E-state index contributed by atoms with van der Waals surface area (Å²) in [5, 5.41) is 11.0. The van der Waals surface area contributed by atoms with E-state index in [1.807, 2.05) is 55.1 Å². The lowest BCUT2D eigenvalue weighted by molar-refractivity contribution is -0.113. The van der Waals surface area contributed by atoms with Gasteiger partial charge in [-0.25, -0.2) is 0 Å². The van der Waals surface area contributed by atoms with Crippen LogP contribution in [0.4, 0.5) is 5.69 Å². The molecule has 27 heavy (non-hydrogen) atoms. The summed E-state index contributed by atoms with van der Waals surface area (Å²) < 4.78 is 12.7. The molecule has 142 valence electrons. The van der Waals surface area contributed by atoms with E-state index in [4.69, 9.17) is 9.26 Å². The molecule has 2 aromatic heterocycles. The van der Waals surface area contributed by atoms with Gasteiger partial charge in [0.15, 0.2) is 0 Å². The smallest absolute Gasteiger partial charge is 0.234 e. The van der Waals surface area contributed by atoms with Crippen LogP contribution in [0.25, 0.3) is 0 Å². The van der Waals surface area contributed by atoms with Crippen molar-refractivity contribution >= 4 is 23.4 Å². The molecule has 1 aromatic carbocycles. The van der Waals surface area contributed by atoms with Crippen LogP contribution in [-0.4, -0.2) is 33.2 Å². The summed E-state index contributed by atoms with van der Waals surface area (Å²) in [5.41, 5.74) is 2.65. The van der Waals surface area contributed by atoms with Gasteiger partial charge >= 0.3 is 0 Å². The van der Waals surface area contributed by atoms with Crippen LogP contribution in [0.15, 0.2) is 47.2 Å². The highest BCUT2D eigenvalue weighted by Crippen LogP contribution is 2.21. The number of thioether (sulfide) groups is 1. The van der Waals surface area contributed by atoms with E-state index in [1.54, 1.807) is 6.20 Å². The topological polar surface area (TPSA) is 82.2 Å². The molecule has 0 aliphatic rings. The number of carbonyl (C=O) groups excluding carboxylic acids is 1. The van der Waals surface area contributed by atoms with Crippen LogP contribution in [-0.2, 0) is 17.1 Å². The molecule has 2 heterocycles. The molecule has 1 amide bonds. The Hall–Kier alpha value is -2.74. The van der Waals surface area contributed by atoms with Crippen molar-refractivity contribution in [2.75, 3.05) is 17.7 Å². The molecule has 0 saturated carbocycles. The van der Waals surface area contributed by atoms with Crippen molar-refractivity contribution in [1.82, 2.24) is 14.9 Å². The minimum absolute atomic E-state index is 0.0551. The average molecular weight is 386 g/mol. The van der Waals surface area contributed by atoms with Crippen molar-refractivity contribution in [3.63, 3.8) is 0 Å². The van der Waals surface area contributed by atoms with Gasteiger partial charge in [-0.15, -0.1) is 11.8 Å². The summed E-state index contributed by atoms with van der Waals surface area (Å²) in [6, 6.07) is 9.26. The lowest BCUT2D eigenvalue weighted by Gasteiger charge is -2.09. The van der Waals surface area contributed by atoms with Gasteiger partial charge in [0, 0.05) is 35.5 Å². The molecule has 1 N–H and O–H groups in total. The summed E-state index contributed by atoms with van der Waals surface area (Å²) in [6.45, 7) is 4.96. The fraction of sp³-hybridized carbons (Fsp3) is 0.316. The molecule has 3 aromatic rings. The number of rotatable bonds is 9. The summed E-state index contributed by atoms with van der Waals surface area (Å²) >= 11 is 1.53. The van der Waals surface area contributed by atoms with Crippen molar-refractivity contribution in [3.8, 4) is 5.75 Å². The Labute approximate surface area is 162 Å². The number of benzene rings is 1. The summed E-state index contributed by atoms with van der Waals surface area (Å²) in [7, 11) is 0. The van der Waals surface area contributed by atoms with Gasteiger partial charge < -0.3 is 14.6 Å². The third-order valence-corrected chi connectivity index (χ3v) is 4.89. The highest BCUT2D eigenvalue weighted by Gasteiger charge is 2.10. The summed E-state index contributed by atoms with van der Waals surface area (Å²) in [4.78, 5) is 12.2. The molecule has 0 atom stereocenters. The van der Waals surface area contributed by atoms with E-state index >= 15 is 0 Å². The lowest BCUT2D eigenvalue weighted by atomic mass is 10.2. The quantitative estimate of drug-likeness (QED) is 0.607. The van der Waals surface area contributed by atoms with Gasteiger partial charge in [-0.3, -0.25) is 9.48 Å². The molecule has 8 heteroatoms. The minimum Gasteiger partial charge on any atom is -0.492 e. The zero-order valence-electron chi connectivity index (χ0n) is 15.3. The fourth-order valence-corrected chi connectivity index (χ4v) is 3.48. The van der Waals surface area contributed by atoms with E-state index < -0.39 is 0 Å². The third kappa shape index (κ3) is 5.62. The molecule has 0 fully saturated rings. The largest absolute Gasteiger partial charge is 0.492 e. The van der Waals surface area contributed by atoms with Crippen LogP contribution in [0, 0.1) is 13.8 Å². The molecule has 0 aliphatic heterocycles. The van der Waals surface area contributed by atoms with Crippen LogP contribution in [0.3, 0.4) is 0 Å². The number of amides is 1. The number of nitrogens with one attached hydrogen (secondary N) is 1. The fourth-order valence-electron chi connectivity index (χ4n) is 2.50. The first-order valence-corrected chi connectivity index (χ1v) is 9.77. The molecule has 7 nitrogen and oxygen atoms in total. The summed E-state index contributed by atoms with van der Waals surface area (Å²) in [5.74, 6) is 2.52. The zero-order chi connectivity index (χ0) is 19.1. The van der Waals surface area contributed by atoms with Gasteiger partial charge in [-0.2, -0.15) is 5.10 Å². The first-order chi connectivity index (χ1) is 13.1. The van der Waals surface area contributed by atoms with Gasteiger partial charge in [0.1, 0.15) is 18.1 Å². The Morgan fingerprint density at radius 2 is 2.22 bits per heavy atom. The number of aromatic nitrogens is 3. The monoisotopic (exact) mass is 386 g/mol. The SMILES string of the molecule is Cc1noc(C)c1CSCC(=O)Nc1cccc(OCCn2cccn2)c1. The Morgan fingerprint density at radius 1 is 1.33 bits per heavy atom. The molecule has 3 rings (SSSR count). The van der Waals surface area contributed by atoms with Gasteiger partial charge in [0.2, 0.25) is 5.91 Å². The summed E-state index contributed by atoms with van der Waals surface area (Å²) in [6.07, 6.45) is 3.63. The number of hydrogen-bond donors (Lipinski definition) is 1. The average Bonchev–Trinajstić information content (AvgIpc) is 3.27. The van der Waals surface area contributed by atoms with Gasteiger partial charge in [0.25, 0.3) is 0 Å². The van der Waals surface area contributed by atoms with E-state index in [9.17, 15) is 4.79 Å². The molecule has 0 bridgehead atoms. The first-order valence-electron chi connectivity index (χ1n) is 8.61. The first kappa shape index (κ1) is 19.0. The van der Waals surface area contributed by atoms with Crippen LogP contribution in [0.1, 0.15) is 17.0 Å². The van der Waals surface area contributed by atoms with E-state index in [2.05, 4.69) is 15.6 Å². The predicted molar refractivity (Wildman–Crippen MR) is 105 cm³/mol. The molecular formula is C19H22N4O3S. The second-order valence-electron chi connectivity index (χ2n) is 5.99. The third-order valence-electron chi connectivity index (χ3n) is 3.93. The predicted octanol–water partition coefficient (Wildman–Crippen LogP) is 3.44. The van der Waals surface area contributed by atoms with Gasteiger partial charge in [0.05, 0.1) is 18.0 Å². The van der Waals surface area contributed by atoms with Gasteiger partial charge in [-0.1, -0.05) is 11.2 Å². The van der Waals surface area contributed by atoms with Crippen LogP contribution < -0.4 is 10.1 Å². The Kier molecular flexibility index (Phi) is 6.54. The number of nitrogens with zero attached hydrogens (tertiary/aromatic N) is 3. The van der Waals surface area contributed by atoms with E-state index in [-0.39, 0.29) is 5.91 Å². The van der Waals surface area contributed by atoms with Crippen molar-refractivity contribution in [1.29, 1.82) is 0 Å². The maximum absolute atomic E-state index is 12.2. The second kappa shape index (κ2) is 9.27. The highest BCUT2D eigenvalue weighted by molar-refractivity contribution is 7.99. The number of carbonyl (C=O) groups is 1. The van der Waals surface area contributed by atoms with E-state index in [0.717, 1.165) is 22.7 Å². The maximum atomic E-state index is 12.2. The molecule has 0 unspecified atom stereocenters.